The Kier molecular flexibility index (Phi) is 5.56. The highest BCUT2D eigenvalue weighted by Gasteiger charge is 2.30. The fourth-order valence-electron chi connectivity index (χ4n) is 3.72. The molecule has 4 rings (SSSR count). The molecule has 3 aromatic rings. The lowest BCUT2D eigenvalue weighted by Crippen LogP contribution is -2.38. The molecule has 1 N–H and O–H groups in total. The number of para-hydroxylation sites is 2. The Bertz CT molecular complexity index is 1110. The van der Waals surface area contributed by atoms with Crippen molar-refractivity contribution in [1.29, 1.82) is 0 Å². The molecule has 0 saturated carbocycles. The monoisotopic (exact) mass is 413 g/mol. The first-order valence-corrected chi connectivity index (χ1v) is 9.84. The number of carbonyl (C=O) groups is 1. The number of fused-ring (bicyclic) bond motifs is 1. The topological polar surface area (TPSA) is 80.0 Å². The van der Waals surface area contributed by atoms with Gasteiger partial charge in [-0.05, 0) is 43.7 Å². The zero-order chi connectivity index (χ0) is 20.4. The number of carboxylic acid groups (broad SMARTS) is 1. The van der Waals surface area contributed by atoms with Gasteiger partial charge in [0.15, 0.2) is 11.0 Å². The molecule has 0 bridgehead atoms. The summed E-state index contributed by atoms with van der Waals surface area (Å²) in [7, 11) is 0. The molecule has 150 valence electrons. The van der Waals surface area contributed by atoms with Gasteiger partial charge in [-0.15, -0.1) is 0 Å². The lowest BCUT2D eigenvalue weighted by molar-refractivity contribution is -0.142. The molecule has 0 aliphatic carbocycles. The zero-order valence-electron chi connectivity index (χ0n) is 15.6. The highest BCUT2D eigenvalue weighted by atomic mass is 35.5. The molecule has 0 unspecified atom stereocenters. The van der Waals surface area contributed by atoms with Crippen LogP contribution in [0.25, 0.3) is 22.3 Å². The van der Waals surface area contributed by atoms with Crippen molar-refractivity contribution in [3.63, 3.8) is 0 Å². The second-order valence-electron chi connectivity index (χ2n) is 6.97. The number of aliphatic carboxylic acids is 1. The molecule has 2 aromatic carbocycles. The summed E-state index contributed by atoms with van der Waals surface area (Å²) in [5, 5.41) is 10.1. The Morgan fingerprint density at radius 1 is 1.24 bits per heavy atom. The molecular weight excluding hydrogens is 394 g/mol. The molecule has 29 heavy (non-hydrogen) atoms. The van der Waals surface area contributed by atoms with Crippen molar-refractivity contribution in [2.24, 2.45) is 0 Å². The third-order valence-electron chi connectivity index (χ3n) is 5.14. The smallest absolute Gasteiger partial charge is 0.320 e. The van der Waals surface area contributed by atoms with E-state index in [0.717, 1.165) is 13.0 Å². The van der Waals surface area contributed by atoms with E-state index >= 15 is 0 Å². The van der Waals surface area contributed by atoms with Crippen molar-refractivity contribution in [2.45, 2.75) is 18.9 Å². The maximum Gasteiger partial charge on any atom is 0.320 e. The number of ether oxygens (including phenoxy) is 1. The first-order chi connectivity index (χ1) is 14.0. The second-order valence-corrected chi connectivity index (χ2v) is 7.38. The van der Waals surface area contributed by atoms with Gasteiger partial charge in [-0.1, -0.05) is 29.8 Å². The van der Waals surface area contributed by atoms with E-state index in [1.54, 1.807) is 24.3 Å². The first-order valence-electron chi connectivity index (χ1n) is 9.46. The Hall–Kier alpha value is -2.83. The van der Waals surface area contributed by atoms with Crippen LogP contribution in [-0.4, -0.2) is 41.7 Å². The quantitative estimate of drug-likeness (QED) is 0.657. The number of carboxylic acids is 1. The Balaban J connectivity index is 1.58. The normalized spacial score (nSPS) is 16.9. The number of hydrogen-bond acceptors (Lipinski definition) is 5. The van der Waals surface area contributed by atoms with Crippen LogP contribution in [0.15, 0.2) is 57.7 Å². The standard InChI is InChI=1S/C22H20ClNO5/c23-16-7-3-6-14-18(25)13-20(29-21(14)16)15-5-1-2-9-19(15)28-12-11-24-10-4-8-17(24)22(26)27/h1-3,5-7,9,13,17H,4,8,10-12H2,(H,26,27)/t17-/m0/s1. The van der Waals surface area contributed by atoms with E-state index in [1.165, 1.54) is 6.07 Å². The highest BCUT2D eigenvalue weighted by molar-refractivity contribution is 6.34. The summed E-state index contributed by atoms with van der Waals surface area (Å²) in [6, 6.07) is 13.3. The van der Waals surface area contributed by atoms with Gasteiger partial charge < -0.3 is 14.3 Å². The largest absolute Gasteiger partial charge is 0.491 e. The first kappa shape index (κ1) is 19.5. The van der Waals surface area contributed by atoms with Gasteiger partial charge in [0, 0.05) is 12.6 Å². The molecule has 0 radical (unpaired) electrons. The van der Waals surface area contributed by atoms with E-state index < -0.39 is 12.0 Å². The summed E-state index contributed by atoms with van der Waals surface area (Å²) in [6.07, 6.45) is 1.53. The summed E-state index contributed by atoms with van der Waals surface area (Å²) in [5.74, 6) is 0.140. The van der Waals surface area contributed by atoms with E-state index in [1.807, 2.05) is 23.1 Å². The minimum atomic E-state index is -0.794. The van der Waals surface area contributed by atoms with Gasteiger partial charge in [0.1, 0.15) is 24.2 Å². The van der Waals surface area contributed by atoms with Gasteiger partial charge in [0.2, 0.25) is 0 Å². The van der Waals surface area contributed by atoms with Crippen LogP contribution in [0, 0.1) is 0 Å². The minimum Gasteiger partial charge on any atom is -0.491 e. The number of nitrogens with zero attached hydrogens (tertiary/aromatic N) is 1. The minimum absolute atomic E-state index is 0.181. The fraction of sp³-hybridized carbons (Fsp3) is 0.273. The highest BCUT2D eigenvalue weighted by Crippen LogP contribution is 2.32. The average Bonchev–Trinajstić information content (AvgIpc) is 3.18. The Morgan fingerprint density at radius 3 is 2.90 bits per heavy atom. The summed E-state index contributed by atoms with van der Waals surface area (Å²) in [5.41, 5.74) is 0.801. The molecule has 1 aromatic heterocycles. The van der Waals surface area contributed by atoms with Crippen molar-refractivity contribution in [3.8, 4) is 17.1 Å². The number of likely N-dealkylation sites (tertiary alicyclic amines) is 1. The summed E-state index contributed by atoms with van der Waals surface area (Å²) >= 11 is 6.21. The molecule has 1 atom stereocenters. The van der Waals surface area contributed by atoms with Crippen molar-refractivity contribution >= 4 is 28.5 Å². The van der Waals surface area contributed by atoms with Crippen LogP contribution in [-0.2, 0) is 4.79 Å². The molecule has 1 aliphatic heterocycles. The Morgan fingerprint density at radius 2 is 2.07 bits per heavy atom. The van der Waals surface area contributed by atoms with E-state index in [2.05, 4.69) is 0 Å². The van der Waals surface area contributed by atoms with Crippen LogP contribution in [0.5, 0.6) is 5.75 Å². The summed E-state index contributed by atoms with van der Waals surface area (Å²) in [4.78, 5) is 25.7. The van der Waals surface area contributed by atoms with Gasteiger partial charge in [-0.3, -0.25) is 14.5 Å². The van der Waals surface area contributed by atoms with Crippen LogP contribution in [0.2, 0.25) is 5.02 Å². The fourth-order valence-corrected chi connectivity index (χ4v) is 3.93. The van der Waals surface area contributed by atoms with Gasteiger partial charge in [0.25, 0.3) is 0 Å². The number of hydrogen-bond donors (Lipinski definition) is 1. The molecule has 6 nitrogen and oxygen atoms in total. The molecule has 7 heteroatoms. The lowest BCUT2D eigenvalue weighted by atomic mass is 10.1. The van der Waals surface area contributed by atoms with Crippen LogP contribution >= 0.6 is 11.6 Å². The third kappa shape index (κ3) is 3.99. The van der Waals surface area contributed by atoms with Crippen LogP contribution < -0.4 is 10.2 Å². The van der Waals surface area contributed by atoms with Gasteiger partial charge in [-0.2, -0.15) is 0 Å². The average molecular weight is 414 g/mol. The SMILES string of the molecule is O=C(O)[C@@H]1CCCN1CCOc1ccccc1-c1cc(=O)c2cccc(Cl)c2o1. The lowest BCUT2D eigenvalue weighted by Gasteiger charge is -2.21. The van der Waals surface area contributed by atoms with Crippen LogP contribution in [0.4, 0.5) is 0 Å². The van der Waals surface area contributed by atoms with Crippen LogP contribution in [0.1, 0.15) is 12.8 Å². The van der Waals surface area contributed by atoms with Crippen LogP contribution in [0.3, 0.4) is 0 Å². The second kappa shape index (κ2) is 8.27. The summed E-state index contributed by atoms with van der Waals surface area (Å²) < 4.78 is 11.9. The maximum absolute atomic E-state index is 12.5. The molecule has 1 fully saturated rings. The Labute approximate surface area is 172 Å². The van der Waals surface area contributed by atoms with Crippen molar-refractivity contribution in [2.75, 3.05) is 19.7 Å². The van der Waals surface area contributed by atoms with E-state index in [4.69, 9.17) is 20.8 Å². The summed E-state index contributed by atoms with van der Waals surface area (Å²) in [6.45, 7) is 1.60. The maximum atomic E-state index is 12.5. The predicted octanol–water partition coefficient (Wildman–Crippen LogP) is 4.04. The van der Waals surface area contributed by atoms with Gasteiger partial charge >= 0.3 is 5.97 Å². The number of rotatable bonds is 6. The van der Waals surface area contributed by atoms with Gasteiger partial charge in [-0.25, -0.2) is 0 Å². The molecule has 0 spiro atoms. The van der Waals surface area contributed by atoms with Crippen molar-refractivity contribution in [1.82, 2.24) is 4.90 Å². The molecule has 0 amide bonds. The molecule has 2 heterocycles. The molecule has 1 saturated heterocycles. The number of halogens is 1. The number of benzene rings is 2. The van der Waals surface area contributed by atoms with Crippen molar-refractivity contribution < 1.29 is 19.1 Å². The van der Waals surface area contributed by atoms with E-state index in [-0.39, 0.29) is 5.43 Å². The molecule has 1 aliphatic rings. The van der Waals surface area contributed by atoms with Gasteiger partial charge in [0.05, 0.1) is 16.0 Å². The molecular formula is C22H20ClNO5. The zero-order valence-corrected chi connectivity index (χ0v) is 16.4. The third-order valence-corrected chi connectivity index (χ3v) is 5.44. The van der Waals surface area contributed by atoms with Crippen molar-refractivity contribution in [3.05, 3.63) is 63.8 Å². The van der Waals surface area contributed by atoms with E-state index in [0.29, 0.717) is 52.6 Å². The van der Waals surface area contributed by atoms with E-state index in [9.17, 15) is 14.7 Å². The predicted molar refractivity (Wildman–Crippen MR) is 111 cm³/mol.